The van der Waals surface area contributed by atoms with Gasteiger partial charge in [-0.2, -0.15) is 0 Å². The predicted molar refractivity (Wildman–Crippen MR) is 134 cm³/mol. The van der Waals surface area contributed by atoms with Gasteiger partial charge in [-0.3, -0.25) is 4.98 Å². The van der Waals surface area contributed by atoms with E-state index in [1.54, 1.807) is 11.0 Å². The molecule has 5 heteroatoms. The second kappa shape index (κ2) is 11.0. The van der Waals surface area contributed by atoms with Gasteiger partial charge in [-0.15, -0.1) is 0 Å². The van der Waals surface area contributed by atoms with Gasteiger partial charge in [-0.05, 0) is 58.4 Å². The number of aryl methyl sites for hydroxylation is 2. The van der Waals surface area contributed by atoms with Gasteiger partial charge in [0, 0.05) is 47.0 Å². The van der Waals surface area contributed by atoms with Gasteiger partial charge in [0.05, 0.1) is 6.54 Å². The number of carbonyl (C=O) groups is 1. The molecule has 1 N–H and O–H groups in total. The summed E-state index contributed by atoms with van der Waals surface area (Å²) in [6.45, 7) is 18.7. The predicted octanol–water partition coefficient (Wildman–Crippen LogP) is 6.83. The lowest BCUT2D eigenvalue weighted by atomic mass is 10.0. The smallest absolute Gasteiger partial charge is 0.410 e. The first-order valence-electron chi connectivity index (χ1n) is 11.3. The minimum atomic E-state index is -0.450. The Morgan fingerprint density at radius 2 is 1.91 bits per heavy atom. The molecule has 1 amide bonds. The molecule has 2 aromatic heterocycles. The highest BCUT2D eigenvalue weighted by Gasteiger charge is 2.27. The van der Waals surface area contributed by atoms with E-state index in [1.807, 2.05) is 59.9 Å². The van der Waals surface area contributed by atoms with Crippen LogP contribution in [0, 0.1) is 13.8 Å². The summed E-state index contributed by atoms with van der Waals surface area (Å²) in [5.74, 6) is 0. The van der Waals surface area contributed by atoms with Crippen molar-refractivity contribution in [1.29, 1.82) is 0 Å². The Bertz CT molecular complexity index is 1040. The average molecular weight is 436 g/mol. The van der Waals surface area contributed by atoms with Crippen molar-refractivity contribution in [3.8, 4) is 0 Å². The zero-order chi connectivity index (χ0) is 23.9. The van der Waals surface area contributed by atoms with E-state index in [1.165, 1.54) is 22.2 Å². The van der Waals surface area contributed by atoms with E-state index in [2.05, 4.69) is 41.7 Å². The zero-order valence-electron chi connectivity index (χ0n) is 20.6. The Hall–Kier alpha value is -3.08. The summed E-state index contributed by atoms with van der Waals surface area (Å²) in [7, 11) is 0. The van der Waals surface area contributed by atoms with Crippen molar-refractivity contribution >= 4 is 23.1 Å². The topological polar surface area (TPSA) is 58.2 Å². The van der Waals surface area contributed by atoms with Crippen LogP contribution in [0.15, 0.2) is 43.1 Å². The van der Waals surface area contributed by atoms with Crippen LogP contribution < -0.4 is 0 Å². The number of H-pyrrole nitrogens is 1. The standard InChI is InChI=1S/C17H22N2O2.C8H9N.C2H6/c1-11-5-6-14-12(9-11)13-10-19(8-7-15(13)18-14)16(20)21-17(2,3)4;1-3-8-5-4-7(2)9-6-8;1-2/h5-6,9,18H,7-8,10H2,1-4H3;3-6H,1H2,2H3;1-2H3. The minimum absolute atomic E-state index is 0.227. The van der Waals surface area contributed by atoms with E-state index in [4.69, 9.17) is 4.74 Å². The highest BCUT2D eigenvalue weighted by atomic mass is 16.6. The summed E-state index contributed by atoms with van der Waals surface area (Å²) in [4.78, 5) is 21.6. The molecule has 0 saturated heterocycles. The summed E-state index contributed by atoms with van der Waals surface area (Å²) < 4.78 is 5.48. The molecule has 0 atom stereocenters. The van der Waals surface area contributed by atoms with Crippen molar-refractivity contribution in [2.24, 2.45) is 0 Å². The van der Waals surface area contributed by atoms with Gasteiger partial charge in [0.2, 0.25) is 0 Å². The molecule has 1 aliphatic rings. The van der Waals surface area contributed by atoms with Gasteiger partial charge >= 0.3 is 6.09 Å². The molecule has 0 aliphatic carbocycles. The maximum absolute atomic E-state index is 12.2. The molecular weight excluding hydrogens is 398 g/mol. The van der Waals surface area contributed by atoms with Crippen LogP contribution in [0.5, 0.6) is 0 Å². The van der Waals surface area contributed by atoms with Crippen molar-refractivity contribution < 1.29 is 9.53 Å². The Balaban J connectivity index is 0.000000277. The Labute approximate surface area is 192 Å². The number of hydrogen-bond acceptors (Lipinski definition) is 3. The molecule has 0 saturated carbocycles. The Kier molecular flexibility index (Phi) is 8.64. The number of carbonyl (C=O) groups excluding carboxylic acids is 1. The van der Waals surface area contributed by atoms with Crippen LogP contribution >= 0.6 is 0 Å². The van der Waals surface area contributed by atoms with E-state index in [0.717, 1.165) is 23.2 Å². The fourth-order valence-corrected chi connectivity index (χ4v) is 3.41. The van der Waals surface area contributed by atoms with Crippen molar-refractivity contribution in [3.63, 3.8) is 0 Å². The summed E-state index contributed by atoms with van der Waals surface area (Å²) in [6, 6.07) is 10.4. The molecule has 3 aromatic rings. The number of fused-ring (bicyclic) bond motifs is 3. The number of benzene rings is 1. The molecule has 0 spiro atoms. The monoisotopic (exact) mass is 435 g/mol. The third kappa shape index (κ3) is 6.71. The molecule has 0 radical (unpaired) electrons. The molecule has 3 heterocycles. The van der Waals surface area contributed by atoms with Gasteiger partial charge < -0.3 is 14.6 Å². The number of aromatic nitrogens is 2. The maximum Gasteiger partial charge on any atom is 0.410 e. The third-order valence-electron chi connectivity index (χ3n) is 4.95. The quantitative estimate of drug-likeness (QED) is 0.456. The minimum Gasteiger partial charge on any atom is -0.444 e. The highest BCUT2D eigenvalue weighted by Crippen LogP contribution is 2.29. The molecule has 0 unspecified atom stereocenters. The second-order valence-electron chi connectivity index (χ2n) is 8.72. The van der Waals surface area contributed by atoms with Crippen molar-refractivity contribution in [1.82, 2.24) is 14.9 Å². The Morgan fingerprint density at radius 1 is 1.19 bits per heavy atom. The fraction of sp³-hybridized carbons (Fsp3) is 0.407. The zero-order valence-corrected chi connectivity index (χ0v) is 20.6. The summed E-state index contributed by atoms with van der Waals surface area (Å²) in [6.07, 6.45) is 4.21. The number of pyridine rings is 1. The molecule has 1 aliphatic heterocycles. The molecule has 172 valence electrons. The largest absolute Gasteiger partial charge is 0.444 e. The molecule has 32 heavy (non-hydrogen) atoms. The first-order chi connectivity index (χ1) is 15.2. The number of hydrogen-bond donors (Lipinski definition) is 1. The lowest BCUT2D eigenvalue weighted by Crippen LogP contribution is -2.39. The molecular formula is C27H37N3O2. The summed E-state index contributed by atoms with van der Waals surface area (Å²) in [5.41, 5.74) is 6.52. The van der Waals surface area contributed by atoms with Crippen LogP contribution in [-0.4, -0.2) is 33.1 Å². The molecule has 5 nitrogen and oxygen atoms in total. The Morgan fingerprint density at radius 3 is 2.50 bits per heavy atom. The van der Waals surface area contributed by atoms with Crippen LogP contribution in [0.4, 0.5) is 4.79 Å². The van der Waals surface area contributed by atoms with E-state index in [-0.39, 0.29) is 6.09 Å². The van der Waals surface area contributed by atoms with Gasteiger partial charge in [-0.1, -0.05) is 44.2 Å². The lowest BCUT2D eigenvalue weighted by molar-refractivity contribution is 0.0224. The number of amides is 1. The van der Waals surface area contributed by atoms with Gasteiger partial charge in [0.25, 0.3) is 0 Å². The first-order valence-corrected chi connectivity index (χ1v) is 11.3. The SMILES string of the molecule is C=Cc1ccc(C)nc1.CC.Cc1ccc2[nH]c3c(c2c1)CN(C(=O)OC(C)(C)C)CC3. The van der Waals surface area contributed by atoms with E-state index in [0.29, 0.717) is 13.1 Å². The van der Waals surface area contributed by atoms with E-state index >= 15 is 0 Å². The van der Waals surface area contributed by atoms with Crippen molar-refractivity contribution in [3.05, 3.63) is 71.2 Å². The van der Waals surface area contributed by atoms with Crippen LogP contribution in [-0.2, 0) is 17.7 Å². The fourth-order valence-electron chi connectivity index (χ4n) is 3.41. The van der Waals surface area contributed by atoms with Gasteiger partial charge in [0.1, 0.15) is 5.60 Å². The maximum atomic E-state index is 12.2. The van der Waals surface area contributed by atoms with Crippen molar-refractivity contribution in [2.45, 2.75) is 67.0 Å². The van der Waals surface area contributed by atoms with E-state index < -0.39 is 5.60 Å². The second-order valence-corrected chi connectivity index (χ2v) is 8.72. The lowest BCUT2D eigenvalue weighted by Gasteiger charge is -2.30. The number of ether oxygens (including phenoxy) is 1. The van der Waals surface area contributed by atoms with Crippen LogP contribution in [0.1, 0.15) is 62.7 Å². The number of aromatic amines is 1. The number of nitrogens with one attached hydrogen (secondary N) is 1. The number of nitrogens with zero attached hydrogens (tertiary/aromatic N) is 2. The van der Waals surface area contributed by atoms with Gasteiger partial charge in [-0.25, -0.2) is 4.79 Å². The van der Waals surface area contributed by atoms with Crippen LogP contribution in [0.25, 0.3) is 17.0 Å². The third-order valence-corrected chi connectivity index (χ3v) is 4.95. The normalized spacial score (nSPS) is 12.7. The van der Waals surface area contributed by atoms with Crippen molar-refractivity contribution in [2.75, 3.05) is 6.54 Å². The first kappa shape index (κ1) is 25.2. The van der Waals surface area contributed by atoms with E-state index in [9.17, 15) is 4.79 Å². The highest BCUT2D eigenvalue weighted by molar-refractivity contribution is 5.86. The summed E-state index contributed by atoms with van der Waals surface area (Å²) in [5, 5.41) is 1.22. The van der Waals surface area contributed by atoms with Crippen LogP contribution in [0.2, 0.25) is 0 Å². The molecule has 0 fully saturated rings. The molecule has 4 rings (SSSR count). The van der Waals surface area contributed by atoms with Gasteiger partial charge in [0.15, 0.2) is 0 Å². The molecule has 0 bridgehead atoms. The average Bonchev–Trinajstić information content (AvgIpc) is 3.12. The molecule has 1 aromatic carbocycles. The summed E-state index contributed by atoms with van der Waals surface area (Å²) >= 11 is 0. The number of rotatable bonds is 1. The van der Waals surface area contributed by atoms with Crippen LogP contribution in [0.3, 0.4) is 0 Å².